The van der Waals surface area contributed by atoms with Crippen LogP contribution in [-0.2, 0) is 12.8 Å². The molecule has 0 unspecified atom stereocenters. The summed E-state index contributed by atoms with van der Waals surface area (Å²) in [5.74, 6) is 0. The molecule has 100 valence electrons. The third-order valence-electron chi connectivity index (χ3n) is 3.44. The summed E-state index contributed by atoms with van der Waals surface area (Å²) in [7, 11) is 0. The van der Waals surface area contributed by atoms with Gasteiger partial charge in [0.25, 0.3) is 0 Å². The van der Waals surface area contributed by atoms with Gasteiger partial charge in [0, 0.05) is 0 Å². The largest absolute Gasteiger partial charge is 0.103 e. The van der Waals surface area contributed by atoms with Gasteiger partial charge < -0.3 is 0 Å². The molecule has 0 fully saturated rings. The van der Waals surface area contributed by atoms with Crippen LogP contribution >= 0.6 is 0 Å². The number of rotatable bonds is 10. The van der Waals surface area contributed by atoms with E-state index < -0.39 is 0 Å². The molecule has 0 aromatic heterocycles. The fourth-order valence-corrected chi connectivity index (χ4v) is 2.31. The maximum absolute atomic E-state index is 3.75. The highest BCUT2D eigenvalue weighted by Gasteiger charge is 1.95. The molecule has 0 aliphatic rings. The predicted octanol–water partition coefficient (Wildman–Crippen LogP) is 5.71. The third kappa shape index (κ3) is 6.64. The van der Waals surface area contributed by atoms with Crippen LogP contribution in [0.1, 0.15) is 63.0 Å². The molecule has 0 saturated carbocycles. The Balaban J connectivity index is 2.09. The van der Waals surface area contributed by atoms with Crippen molar-refractivity contribution in [1.29, 1.82) is 0 Å². The van der Waals surface area contributed by atoms with Crippen molar-refractivity contribution >= 4 is 0 Å². The molecule has 1 rings (SSSR count). The van der Waals surface area contributed by atoms with Crippen molar-refractivity contribution in [2.75, 3.05) is 0 Å². The molecule has 0 heteroatoms. The number of allylic oxidation sites excluding steroid dienone is 1. The zero-order chi connectivity index (χ0) is 13.1. The van der Waals surface area contributed by atoms with Gasteiger partial charge in [0.1, 0.15) is 0 Å². The fourth-order valence-electron chi connectivity index (χ4n) is 2.31. The van der Waals surface area contributed by atoms with Gasteiger partial charge in [-0.1, -0.05) is 62.9 Å². The van der Waals surface area contributed by atoms with Crippen molar-refractivity contribution in [2.24, 2.45) is 0 Å². The minimum atomic E-state index is 1.18. The first-order valence-electron chi connectivity index (χ1n) is 7.55. The lowest BCUT2D eigenvalue weighted by Crippen LogP contribution is -1.88. The Kier molecular flexibility index (Phi) is 8.29. The standard InChI is InChI=1S/C18H28/c1-3-5-6-7-8-9-10-12-18-15-13-17(11-4-2)14-16-18/h3,13-16H,1,4-12H2,2H3. The summed E-state index contributed by atoms with van der Waals surface area (Å²) in [4.78, 5) is 0. The maximum Gasteiger partial charge on any atom is -0.0279 e. The van der Waals surface area contributed by atoms with Crippen LogP contribution in [0, 0.1) is 0 Å². The van der Waals surface area contributed by atoms with Crippen molar-refractivity contribution in [2.45, 2.75) is 64.7 Å². The van der Waals surface area contributed by atoms with E-state index in [1.807, 2.05) is 6.08 Å². The quantitative estimate of drug-likeness (QED) is 0.365. The molecule has 18 heavy (non-hydrogen) atoms. The average molecular weight is 244 g/mol. The topological polar surface area (TPSA) is 0 Å². The number of aryl methyl sites for hydroxylation is 2. The first kappa shape index (κ1) is 15.0. The zero-order valence-corrected chi connectivity index (χ0v) is 12.0. The van der Waals surface area contributed by atoms with Crippen LogP contribution in [0.25, 0.3) is 0 Å². The molecule has 0 amide bonds. The fraction of sp³-hybridized carbons (Fsp3) is 0.556. The van der Waals surface area contributed by atoms with E-state index in [-0.39, 0.29) is 0 Å². The highest BCUT2D eigenvalue weighted by Crippen LogP contribution is 2.12. The van der Waals surface area contributed by atoms with Gasteiger partial charge in [-0.05, 0) is 43.2 Å². The smallest absolute Gasteiger partial charge is 0.0279 e. The Morgan fingerprint density at radius 3 is 2.00 bits per heavy atom. The zero-order valence-electron chi connectivity index (χ0n) is 12.0. The van der Waals surface area contributed by atoms with Crippen molar-refractivity contribution < 1.29 is 0 Å². The van der Waals surface area contributed by atoms with E-state index in [0.717, 1.165) is 0 Å². The summed E-state index contributed by atoms with van der Waals surface area (Å²) in [5.41, 5.74) is 2.98. The van der Waals surface area contributed by atoms with Crippen LogP contribution in [0.15, 0.2) is 36.9 Å². The number of hydrogen-bond acceptors (Lipinski definition) is 0. The van der Waals surface area contributed by atoms with E-state index in [4.69, 9.17) is 0 Å². The Morgan fingerprint density at radius 2 is 1.39 bits per heavy atom. The number of unbranched alkanes of at least 4 members (excludes halogenated alkanes) is 5. The molecule has 0 N–H and O–H groups in total. The van der Waals surface area contributed by atoms with Gasteiger partial charge in [-0.25, -0.2) is 0 Å². The number of hydrogen-bond donors (Lipinski definition) is 0. The molecule has 0 saturated heterocycles. The Bertz CT molecular complexity index is 307. The molecule has 0 spiro atoms. The molecular formula is C18H28. The summed E-state index contributed by atoms with van der Waals surface area (Å²) in [6, 6.07) is 9.21. The molecule has 0 nitrogen and oxygen atoms in total. The van der Waals surface area contributed by atoms with E-state index in [1.54, 1.807) is 0 Å². The second kappa shape index (κ2) is 9.94. The lowest BCUT2D eigenvalue weighted by atomic mass is 10.0. The summed E-state index contributed by atoms with van der Waals surface area (Å²) < 4.78 is 0. The predicted molar refractivity (Wildman–Crippen MR) is 82.0 cm³/mol. The molecule has 0 atom stereocenters. The van der Waals surface area contributed by atoms with Gasteiger partial charge in [0.15, 0.2) is 0 Å². The van der Waals surface area contributed by atoms with Crippen molar-refractivity contribution in [3.8, 4) is 0 Å². The SMILES string of the molecule is C=CCCCCCCCc1ccc(CCC)cc1. The van der Waals surface area contributed by atoms with Crippen LogP contribution in [-0.4, -0.2) is 0 Å². The molecular weight excluding hydrogens is 216 g/mol. The van der Waals surface area contributed by atoms with Crippen LogP contribution in [0.4, 0.5) is 0 Å². The summed E-state index contributed by atoms with van der Waals surface area (Å²) in [6.45, 7) is 5.99. The minimum Gasteiger partial charge on any atom is -0.103 e. The van der Waals surface area contributed by atoms with Crippen LogP contribution in [0.2, 0.25) is 0 Å². The second-order valence-electron chi connectivity index (χ2n) is 5.16. The van der Waals surface area contributed by atoms with Crippen LogP contribution in [0.3, 0.4) is 0 Å². The van der Waals surface area contributed by atoms with E-state index in [9.17, 15) is 0 Å². The normalized spacial score (nSPS) is 10.5. The highest BCUT2D eigenvalue weighted by molar-refractivity contribution is 5.22. The first-order chi connectivity index (χ1) is 8.86. The van der Waals surface area contributed by atoms with Gasteiger partial charge in [-0.2, -0.15) is 0 Å². The van der Waals surface area contributed by atoms with Crippen molar-refractivity contribution in [3.63, 3.8) is 0 Å². The summed E-state index contributed by atoms with van der Waals surface area (Å²) >= 11 is 0. The minimum absolute atomic E-state index is 1.18. The van der Waals surface area contributed by atoms with E-state index >= 15 is 0 Å². The first-order valence-corrected chi connectivity index (χ1v) is 7.55. The average Bonchev–Trinajstić information content (AvgIpc) is 2.40. The Morgan fingerprint density at radius 1 is 0.833 bits per heavy atom. The highest BCUT2D eigenvalue weighted by atomic mass is 14.0. The van der Waals surface area contributed by atoms with Gasteiger partial charge in [-0.15, -0.1) is 6.58 Å². The van der Waals surface area contributed by atoms with E-state index in [2.05, 4.69) is 37.8 Å². The number of benzene rings is 1. The molecule has 0 bridgehead atoms. The Labute approximate surface area is 113 Å². The third-order valence-corrected chi connectivity index (χ3v) is 3.44. The molecule has 0 aliphatic heterocycles. The summed E-state index contributed by atoms with van der Waals surface area (Å²) in [6.07, 6.45) is 13.7. The van der Waals surface area contributed by atoms with Gasteiger partial charge >= 0.3 is 0 Å². The second-order valence-corrected chi connectivity index (χ2v) is 5.16. The van der Waals surface area contributed by atoms with Crippen LogP contribution in [0.5, 0.6) is 0 Å². The van der Waals surface area contributed by atoms with Crippen molar-refractivity contribution in [1.82, 2.24) is 0 Å². The molecule has 1 aromatic carbocycles. The van der Waals surface area contributed by atoms with E-state index in [0.29, 0.717) is 0 Å². The molecule has 0 heterocycles. The molecule has 1 aromatic rings. The van der Waals surface area contributed by atoms with Gasteiger partial charge in [0.05, 0.1) is 0 Å². The maximum atomic E-state index is 3.75. The lowest BCUT2D eigenvalue weighted by molar-refractivity contribution is 0.618. The Hall–Kier alpha value is -1.04. The molecule has 0 aliphatic carbocycles. The lowest BCUT2D eigenvalue weighted by Gasteiger charge is -2.04. The van der Waals surface area contributed by atoms with Crippen LogP contribution < -0.4 is 0 Å². The summed E-state index contributed by atoms with van der Waals surface area (Å²) in [5, 5.41) is 0. The monoisotopic (exact) mass is 244 g/mol. The van der Waals surface area contributed by atoms with Gasteiger partial charge in [-0.3, -0.25) is 0 Å². The van der Waals surface area contributed by atoms with Gasteiger partial charge in [0.2, 0.25) is 0 Å². The van der Waals surface area contributed by atoms with Crippen molar-refractivity contribution in [3.05, 3.63) is 48.0 Å². The molecule has 0 radical (unpaired) electrons. The van der Waals surface area contributed by atoms with E-state index in [1.165, 1.54) is 68.9 Å².